The number of imidazole rings is 1. The van der Waals surface area contributed by atoms with Gasteiger partial charge in [0.15, 0.2) is 11.5 Å². The number of nitrogens with zero attached hydrogens (tertiary/aromatic N) is 4. The third kappa shape index (κ3) is 2.79. The van der Waals surface area contributed by atoms with Crippen molar-refractivity contribution in [3.05, 3.63) is 12.0 Å². The minimum atomic E-state index is -4.48. The number of hydrogen-bond acceptors (Lipinski definition) is 6. The Morgan fingerprint density at radius 3 is 2.79 bits per heavy atom. The second-order valence-corrected chi connectivity index (χ2v) is 8.03. The summed E-state index contributed by atoms with van der Waals surface area (Å²) in [5.74, 6) is -0.950. The highest BCUT2D eigenvalue weighted by atomic mass is 31.2. The molecule has 2 fully saturated rings. The minimum absolute atomic E-state index is 0.0503. The average Bonchev–Trinajstić information content (AvgIpc) is 3.17. The van der Waals surface area contributed by atoms with Crippen LogP contribution in [0.15, 0.2) is 6.33 Å². The largest absolute Gasteiger partial charge is 0.368 e. The van der Waals surface area contributed by atoms with Crippen LogP contribution in [0.1, 0.15) is 30.9 Å². The smallest absolute Gasteiger partial charge is 0.354 e. The molecule has 0 aromatic carbocycles. The number of anilines is 1. The van der Waals surface area contributed by atoms with E-state index >= 15 is 0 Å². The topological polar surface area (TPSA) is 136 Å². The lowest BCUT2D eigenvalue weighted by molar-refractivity contribution is 0.0400. The van der Waals surface area contributed by atoms with E-state index in [1.165, 1.54) is 6.33 Å². The molecule has 1 saturated heterocycles. The number of hydrogen-bond donors (Lipinski definition) is 3. The van der Waals surface area contributed by atoms with E-state index in [2.05, 4.69) is 15.0 Å². The fourth-order valence-electron chi connectivity index (χ4n) is 3.01. The van der Waals surface area contributed by atoms with Gasteiger partial charge in [-0.3, -0.25) is 4.57 Å². The average molecular weight is 357 g/mol. The lowest BCUT2D eigenvalue weighted by Gasteiger charge is -2.15. The van der Waals surface area contributed by atoms with Crippen LogP contribution in [-0.2, 0) is 15.8 Å². The summed E-state index contributed by atoms with van der Waals surface area (Å²) in [6, 6.07) is 0. The predicted octanol–water partition coefficient (Wildman–Crippen LogP) is 0.917. The fraction of sp³-hybridized carbons (Fsp3) is 0.615. The van der Waals surface area contributed by atoms with Gasteiger partial charge in [-0.2, -0.15) is 4.98 Å². The summed E-state index contributed by atoms with van der Waals surface area (Å²) in [7, 11) is -4.48. The zero-order valence-corrected chi connectivity index (χ0v) is 13.5. The summed E-state index contributed by atoms with van der Waals surface area (Å²) < 4.78 is 32.2. The van der Waals surface area contributed by atoms with Crippen LogP contribution in [0.5, 0.6) is 0 Å². The van der Waals surface area contributed by atoms with Crippen molar-refractivity contribution in [1.29, 1.82) is 0 Å². The van der Waals surface area contributed by atoms with E-state index in [0.29, 0.717) is 17.1 Å². The van der Waals surface area contributed by atoms with Crippen molar-refractivity contribution in [2.45, 2.75) is 49.8 Å². The molecular formula is C13H17FN5O4P. The first-order valence-corrected chi connectivity index (χ1v) is 9.34. The molecule has 3 atom stereocenters. The van der Waals surface area contributed by atoms with E-state index in [4.69, 9.17) is 20.3 Å². The highest BCUT2D eigenvalue weighted by Crippen LogP contribution is 2.49. The molecule has 2 aliphatic rings. The second-order valence-electron chi connectivity index (χ2n) is 6.28. The maximum absolute atomic E-state index is 14.1. The first-order valence-electron chi connectivity index (χ1n) is 7.66. The number of rotatable bonds is 4. The Kier molecular flexibility index (Phi) is 3.61. The summed E-state index contributed by atoms with van der Waals surface area (Å²) in [5.41, 5.74) is 7.68. The maximum atomic E-state index is 14.1. The third-order valence-corrected chi connectivity index (χ3v) is 5.47. The number of halogens is 1. The summed E-state index contributed by atoms with van der Waals surface area (Å²) in [5, 5.41) is 0. The summed E-state index contributed by atoms with van der Waals surface area (Å²) >= 11 is 0. The van der Waals surface area contributed by atoms with Gasteiger partial charge in [0, 0.05) is 12.3 Å². The molecule has 2 aromatic heterocycles. The van der Waals surface area contributed by atoms with Gasteiger partial charge in [-0.15, -0.1) is 0 Å². The van der Waals surface area contributed by atoms with Crippen LogP contribution >= 0.6 is 7.60 Å². The Balaban J connectivity index is 1.62. The Morgan fingerprint density at radius 2 is 2.17 bits per heavy atom. The first-order chi connectivity index (χ1) is 11.3. The van der Waals surface area contributed by atoms with E-state index < -0.39 is 25.7 Å². The molecule has 1 aliphatic heterocycles. The number of nitrogen functional groups attached to an aromatic ring is 1. The quantitative estimate of drug-likeness (QED) is 0.687. The fourth-order valence-corrected chi connectivity index (χ4v) is 3.80. The highest BCUT2D eigenvalue weighted by Gasteiger charge is 2.44. The van der Waals surface area contributed by atoms with Crippen LogP contribution in [-0.4, -0.2) is 47.4 Å². The van der Waals surface area contributed by atoms with Crippen molar-refractivity contribution in [3.8, 4) is 0 Å². The zero-order valence-electron chi connectivity index (χ0n) is 12.6. The van der Waals surface area contributed by atoms with Crippen molar-refractivity contribution < 1.29 is 23.5 Å². The van der Waals surface area contributed by atoms with E-state index in [0.717, 1.165) is 18.5 Å². The van der Waals surface area contributed by atoms with Gasteiger partial charge in [0.25, 0.3) is 0 Å². The van der Waals surface area contributed by atoms with Gasteiger partial charge in [0.2, 0.25) is 5.95 Å². The number of ether oxygens (including phenoxy) is 1. The predicted molar refractivity (Wildman–Crippen MR) is 81.9 cm³/mol. The van der Waals surface area contributed by atoms with Crippen LogP contribution in [0, 0.1) is 0 Å². The lowest BCUT2D eigenvalue weighted by atomic mass is 10.2. The van der Waals surface area contributed by atoms with Gasteiger partial charge in [-0.1, -0.05) is 0 Å². The standard InChI is InChI=1S/C13H17FN5O4P/c14-7-3-9(24(20,21)22)23-8(7)4-19-5-16-11-10(6-1-2-6)17-13(15)18-12(11)19/h5-9H,1-4H2,(H2,15,17,18)(H2,20,21,22)/t7-,8-,9+/m1/s1. The lowest BCUT2D eigenvalue weighted by Crippen LogP contribution is -2.24. The molecule has 130 valence electrons. The molecule has 11 heteroatoms. The van der Waals surface area contributed by atoms with Crippen molar-refractivity contribution in [1.82, 2.24) is 19.5 Å². The molecule has 4 rings (SSSR count). The number of fused-ring (bicyclic) bond motifs is 1. The van der Waals surface area contributed by atoms with Gasteiger partial charge in [0.05, 0.1) is 18.6 Å². The van der Waals surface area contributed by atoms with Gasteiger partial charge in [-0.25, -0.2) is 14.4 Å². The van der Waals surface area contributed by atoms with E-state index in [1.807, 2.05) is 0 Å². The molecule has 0 spiro atoms. The second kappa shape index (κ2) is 5.45. The molecule has 0 unspecified atom stereocenters. The maximum Gasteiger partial charge on any atom is 0.354 e. The Morgan fingerprint density at radius 1 is 1.42 bits per heavy atom. The van der Waals surface area contributed by atoms with Gasteiger partial charge < -0.3 is 24.8 Å². The van der Waals surface area contributed by atoms with Crippen molar-refractivity contribution >= 4 is 24.7 Å². The molecule has 24 heavy (non-hydrogen) atoms. The SMILES string of the molecule is Nc1nc(C2CC2)c2ncn(C[C@H]3O[C@@H](P(=O)(O)O)C[C@H]3F)c2n1. The van der Waals surface area contributed by atoms with Crippen LogP contribution < -0.4 is 5.73 Å². The van der Waals surface area contributed by atoms with E-state index in [-0.39, 0.29) is 18.9 Å². The third-order valence-electron chi connectivity index (χ3n) is 4.39. The van der Waals surface area contributed by atoms with Crippen LogP contribution in [0.25, 0.3) is 11.2 Å². The summed E-state index contributed by atoms with van der Waals surface area (Å²) in [6.45, 7) is 0.0503. The number of alkyl halides is 1. The molecule has 0 bridgehead atoms. The van der Waals surface area contributed by atoms with E-state index in [9.17, 15) is 8.96 Å². The molecule has 0 radical (unpaired) electrons. The number of nitrogens with two attached hydrogens (primary N) is 1. The van der Waals surface area contributed by atoms with Crippen LogP contribution in [0.2, 0.25) is 0 Å². The normalized spacial score (nSPS) is 27.9. The van der Waals surface area contributed by atoms with Crippen LogP contribution in [0.4, 0.5) is 10.3 Å². The minimum Gasteiger partial charge on any atom is -0.368 e. The summed E-state index contributed by atoms with van der Waals surface area (Å²) in [6.07, 6.45) is 0.793. The van der Waals surface area contributed by atoms with Crippen molar-refractivity contribution in [3.63, 3.8) is 0 Å². The first kappa shape index (κ1) is 15.9. The monoisotopic (exact) mass is 357 g/mol. The Labute approximate surface area is 136 Å². The van der Waals surface area contributed by atoms with Crippen LogP contribution in [0.3, 0.4) is 0 Å². The molecule has 0 amide bonds. The molecule has 1 saturated carbocycles. The summed E-state index contributed by atoms with van der Waals surface area (Å²) in [4.78, 5) is 31.0. The molecule has 4 N–H and O–H groups in total. The molecule has 9 nitrogen and oxygen atoms in total. The molecule has 2 aromatic rings. The zero-order chi connectivity index (χ0) is 17.1. The Hall–Kier alpha value is -1.61. The molecule has 1 aliphatic carbocycles. The van der Waals surface area contributed by atoms with Crippen molar-refractivity contribution in [2.75, 3.05) is 5.73 Å². The van der Waals surface area contributed by atoms with E-state index in [1.54, 1.807) is 4.57 Å². The Bertz CT molecular complexity index is 835. The van der Waals surface area contributed by atoms with Gasteiger partial charge >= 0.3 is 7.60 Å². The van der Waals surface area contributed by atoms with Gasteiger partial charge in [0.1, 0.15) is 17.8 Å². The molecule has 3 heterocycles. The number of aromatic nitrogens is 4. The van der Waals surface area contributed by atoms with Gasteiger partial charge in [-0.05, 0) is 12.8 Å². The van der Waals surface area contributed by atoms with Crippen molar-refractivity contribution in [2.24, 2.45) is 0 Å². The molecular weight excluding hydrogens is 340 g/mol. The highest BCUT2D eigenvalue weighted by molar-refractivity contribution is 7.52.